The number of ether oxygens (including phenoxy) is 1. The Hall–Kier alpha value is -2.47. The molecule has 0 saturated carbocycles. The van der Waals surface area contributed by atoms with Crippen LogP contribution in [0.25, 0.3) is 0 Å². The number of hydrogen-bond acceptors (Lipinski definition) is 3. The molecule has 2 atom stereocenters. The number of aryl methyl sites for hydroxylation is 1. The molecule has 0 spiro atoms. The highest BCUT2D eigenvalue weighted by Crippen LogP contribution is 2.21. The Labute approximate surface area is 167 Å². The van der Waals surface area contributed by atoms with Gasteiger partial charge < -0.3 is 24.0 Å². The first kappa shape index (κ1) is 18.9. The maximum absolute atomic E-state index is 12.9. The quantitative estimate of drug-likeness (QED) is 0.841. The highest BCUT2D eigenvalue weighted by molar-refractivity contribution is 5.77. The number of aromatic nitrogens is 1. The van der Waals surface area contributed by atoms with E-state index in [1.54, 1.807) is 7.11 Å². The zero-order chi connectivity index (χ0) is 19.5. The van der Waals surface area contributed by atoms with E-state index >= 15 is 0 Å². The Morgan fingerprint density at radius 1 is 1.14 bits per heavy atom. The minimum absolute atomic E-state index is 0.297. The zero-order valence-corrected chi connectivity index (χ0v) is 16.9. The highest BCUT2D eigenvalue weighted by Gasteiger charge is 2.34. The predicted octanol–water partition coefficient (Wildman–Crippen LogP) is 1.10. The monoisotopic (exact) mass is 383 g/mol. The Morgan fingerprint density at radius 3 is 2.54 bits per heavy atom. The van der Waals surface area contributed by atoms with E-state index in [4.69, 9.17) is 4.74 Å². The fourth-order valence-electron chi connectivity index (χ4n) is 4.63. The van der Waals surface area contributed by atoms with Crippen LogP contribution in [0.4, 0.5) is 5.69 Å². The number of quaternary nitrogens is 1. The molecule has 2 aliphatic rings. The number of amides is 1. The van der Waals surface area contributed by atoms with E-state index in [1.165, 1.54) is 29.1 Å². The smallest absolute Gasteiger partial charge is 0.277 e. The summed E-state index contributed by atoms with van der Waals surface area (Å²) in [5, 5.41) is 0. The van der Waals surface area contributed by atoms with Gasteiger partial charge >= 0.3 is 0 Å². The van der Waals surface area contributed by atoms with Crippen molar-refractivity contribution in [2.75, 3.05) is 51.3 Å². The first-order chi connectivity index (χ1) is 13.7. The van der Waals surface area contributed by atoms with Gasteiger partial charge in [-0.05, 0) is 36.4 Å². The van der Waals surface area contributed by atoms with Crippen LogP contribution >= 0.6 is 0 Å². The Kier molecular flexibility index (Phi) is 5.57. The minimum atomic E-state index is 0.297. The average molecular weight is 384 g/mol. The molecule has 28 heavy (non-hydrogen) atoms. The van der Waals surface area contributed by atoms with Crippen LogP contribution in [0, 0.1) is 0 Å². The van der Waals surface area contributed by atoms with Crippen molar-refractivity contribution in [2.24, 2.45) is 7.05 Å². The van der Waals surface area contributed by atoms with Gasteiger partial charge in [0.15, 0.2) is 6.54 Å². The number of nitrogens with zero attached hydrogens (tertiary/aromatic N) is 3. The summed E-state index contributed by atoms with van der Waals surface area (Å²) < 4.78 is 7.44. The molecule has 6 nitrogen and oxygen atoms in total. The molecule has 1 amide bonds. The van der Waals surface area contributed by atoms with Crippen LogP contribution in [-0.2, 0) is 11.8 Å². The summed E-state index contributed by atoms with van der Waals surface area (Å²) in [5.41, 5.74) is 2.55. The molecule has 2 aliphatic heterocycles. The summed E-state index contributed by atoms with van der Waals surface area (Å²) in [6.07, 6.45) is 4.47. The topological polar surface area (TPSA) is 42.1 Å². The SMILES string of the molecule is COc1ccc(N2CCN(C(=O)C[NH+]3CCC[C@H]3c3cccn3C)CC2)cc1. The first-order valence-corrected chi connectivity index (χ1v) is 10.3. The van der Waals surface area contributed by atoms with Gasteiger partial charge in [0.05, 0.1) is 19.3 Å². The van der Waals surface area contributed by atoms with E-state index < -0.39 is 0 Å². The fraction of sp³-hybridized carbons (Fsp3) is 0.500. The van der Waals surface area contributed by atoms with Gasteiger partial charge in [-0.25, -0.2) is 0 Å². The number of nitrogens with one attached hydrogen (secondary N) is 1. The standard InChI is InChI=1S/C22H30N4O2/c1-23-11-3-5-20(23)21-6-4-12-26(21)17-22(27)25-15-13-24(14-16-25)18-7-9-19(28-2)10-8-18/h3,5,7-11,21H,4,6,12-17H2,1-2H3/p+1/t21-/m0/s1. The van der Waals surface area contributed by atoms with Crippen LogP contribution in [-0.4, -0.2) is 61.8 Å². The van der Waals surface area contributed by atoms with Crippen molar-refractivity contribution in [1.82, 2.24) is 9.47 Å². The van der Waals surface area contributed by atoms with Gasteiger partial charge in [0.1, 0.15) is 11.8 Å². The van der Waals surface area contributed by atoms with Crippen LogP contribution in [0.15, 0.2) is 42.6 Å². The normalized spacial score (nSPS) is 22.5. The molecule has 0 radical (unpaired) electrons. The summed E-state index contributed by atoms with van der Waals surface area (Å²) in [4.78, 5) is 18.8. The van der Waals surface area contributed by atoms with E-state index in [1.807, 2.05) is 17.0 Å². The number of likely N-dealkylation sites (tertiary alicyclic amines) is 1. The van der Waals surface area contributed by atoms with Crippen molar-refractivity contribution in [3.63, 3.8) is 0 Å². The van der Waals surface area contributed by atoms with Gasteiger partial charge in [-0.1, -0.05) is 0 Å². The molecular weight excluding hydrogens is 352 g/mol. The Bertz CT molecular complexity index is 793. The second-order valence-electron chi connectivity index (χ2n) is 7.89. The first-order valence-electron chi connectivity index (χ1n) is 10.3. The molecule has 2 saturated heterocycles. The average Bonchev–Trinajstić information content (AvgIpc) is 3.36. The maximum atomic E-state index is 12.9. The molecule has 2 aromatic rings. The minimum Gasteiger partial charge on any atom is -0.497 e. The summed E-state index contributed by atoms with van der Waals surface area (Å²) in [6.45, 7) is 5.06. The lowest BCUT2D eigenvalue weighted by molar-refractivity contribution is -0.911. The lowest BCUT2D eigenvalue weighted by Crippen LogP contribution is -3.11. The largest absolute Gasteiger partial charge is 0.497 e. The molecule has 6 heteroatoms. The second-order valence-corrected chi connectivity index (χ2v) is 7.89. The van der Waals surface area contributed by atoms with E-state index in [9.17, 15) is 4.79 Å². The molecule has 1 aromatic heterocycles. The summed E-state index contributed by atoms with van der Waals surface area (Å²) >= 11 is 0. The predicted molar refractivity (Wildman–Crippen MR) is 110 cm³/mol. The Morgan fingerprint density at radius 2 is 1.89 bits per heavy atom. The van der Waals surface area contributed by atoms with Crippen molar-refractivity contribution in [2.45, 2.75) is 18.9 Å². The van der Waals surface area contributed by atoms with Crippen LogP contribution in [0.1, 0.15) is 24.6 Å². The molecule has 150 valence electrons. The van der Waals surface area contributed by atoms with Gasteiger partial charge in [0.2, 0.25) is 0 Å². The zero-order valence-electron chi connectivity index (χ0n) is 16.9. The van der Waals surface area contributed by atoms with Gasteiger partial charge in [-0.2, -0.15) is 0 Å². The molecule has 4 rings (SSSR count). The number of anilines is 1. The number of piperazine rings is 1. The number of benzene rings is 1. The molecule has 0 bridgehead atoms. The number of carbonyl (C=O) groups excluding carboxylic acids is 1. The lowest BCUT2D eigenvalue weighted by Gasteiger charge is -2.36. The number of carbonyl (C=O) groups is 1. The van der Waals surface area contributed by atoms with Crippen molar-refractivity contribution in [3.05, 3.63) is 48.3 Å². The van der Waals surface area contributed by atoms with Gasteiger partial charge in [0, 0.05) is 58.0 Å². The van der Waals surface area contributed by atoms with E-state index in [-0.39, 0.29) is 0 Å². The maximum Gasteiger partial charge on any atom is 0.277 e. The number of rotatable bonds is 5. The molecule has 3 heterocycles. The van der Waals surface area contributed by atoms with Crippen LogP contribution in [0.5, 0.6) is 5.75 Å². The number of hydrogen-bond donors (Lipinski definition) is 1. The van der Waals surface area contributed by atoms with Gasteiger partial charge in [0.25, 0.3) is 5.91 Å². The van der Waals surface area contributed by atoms with Crippen molar-refractivity contribution in [1.29, 1.82) is 0 Å². The van der Waals surface area contributed by atoms with E-state index in [0.29, 0.717) is 18.5 Å². The summed E-state index contributed by atoms with van der Waals surface area (Å²) in [7, 11) is 3.79. The Balaban J connectivity index is 1.32. The van der Waals surface area contributed by atoms with Gasteiger partial charge in [-0.15, -0.1) is 0 Å². The van der Waals surface area contributed by atoms with Crippen LogP contribution in [0.3, 0.4) is 0 Å². The molecule has 1 unspecified atom stereocenters. The van der Waals surface area contributed by atoms with E-state index in [2.05, 4.69) is 47.0 Å². The third kappa shape index (κ3) is 3.87. The molecule has 0 aliphatic carbocycles. The summed E-state index contributed by atoms with van der Waals surface area (Å²) in [5.74, 6) is 1.17. The van der Waals surface area contributed by atoms with Crippen molar-refractivity contribution in [3.8, 4) is 5.75 Å². The second kappa shape index (κ2) is 8.27. The van der Waals surface area contributed by atoms with Crippen LogP contribution in [0.2, 0.25) is 0 Å². The molecule has 1 N–H and O–H groups in total. The molecule has 1 aromatic carbocycles. The van der Waals surface area contributed by atoms with E-state index in [0.717, 1.165) is 38.5 Å². The van der Waals surface area contributed by atoms with Crippen molar-refractivity contribution < 1.29 is 14.4 Å². The number of methoxy groups -OCH3 is 1. The lowest BCUT2D eigenvalue weighted by atomic mass is 10.1. The highest BCUT2D eigenvalue weighted by atomic mass is 16.5. The molecule has 2 fully saturated rings. The third-order valence-electron chi connectivity index (χ3n) is 6.27. The van der Waals surface area contributed by atoms with Gasteiger partial charge in [-0.3, -0.25) is 4.79 Å². The van der Waals surface area contributed by atoms with Crippen molar-refractivity contribution >= 4 is 11.6 Å². The van der Waals surface area contributed by atoms with Crippen LogP contribution < -0.4 is 14.5 Å². The summed E-state index contributed by atoms with van der Waals surface area (Å²) in [6, 6.07) is 12.9. The molecular formula is C22H31N4O2+. The third-order valence-corrected chi connectivity index (χ3v) is 6.27. The fourth-order valence-corrected chi connectivity index (χ4v) is 4.63.